The molecule has 0 aliphatic heterocycles. The highest BCUT2D eigenvalue weighted by atomic mass is 19.2. The van der Waals surface area contributed by atoms with E-state index in [9.17, 15) is 23.1 Å². The van der Waals surface area contributed by atoms with Crippen LogP contribution in [0.1, 0.15) is 30.1 Å². The van der Waals surface area contributed by atoms with Crippen molar-refractivity contribution in [1.29, 1.82) is 0 Å². The zero-order valence-corrected chi connectivity index (χ0v) is 10.3. The van der Waals surface area contributed by atoms with E-state index in [4.69, 9.17) is 0 Å². The maximum absolute atomic E-state index is 13.0. The van der Waals surface area contributed by atoms with Gasteiger partial charge in [-0.3, -0.25) is 4.79 Å². The van der Waals surface area contributed by atoms with Gasteiger partial charge in [0, 0.05) is 5.56 Å². The van der Waals surface area contributed by atoms with E-state index in [-0.39, 0.29) is 18.1 Å². The van der Waals surface area contributed by atoms with Gasteiger partial charge in [-0.2, -0.15) is 0 Å². The summed E-state index contributed by atoms with van der Waals surface area (Å²) >= 11 is 0. The van der Waals surface area contributed by atoms with E-state index < -0.39 is 28.9 Å². The number of halogens is 3. The third kappa shape index (κ3) is 2.73. The van der Waals surface area contributed by atoms with Gasteiger partial charge < -0.3 is 10.4 Å². The van der Waals surface area contributed by atoms with Crippen LogP contribution in [-0.4, -0.2) is 23.2 Å². The number of benzene rings is 1. The number of hydrogen-bond acceptors (Lipinski definition) is 2. The average Bonchev–Trinajstić information content (AvgIpc) is 3.19. The molecule has 2 N–H and O–H groups in total. The average molecular weight is 273 g/mol. The molecule has 1 aromatic carbocycles. The lowest BCUT2D eigenvalue weighted by Crippen LogP contribution is -2.50. The van der Waals surface area contributed by atoms with E-state index in [1.807, 2.05) is 0 Å². The number of rotatable bonds is 4. The van der Waals surface area contributed by atoms with Gasteiger partial charge in [0.25, 0.3) is 5.91 Å². The Morgan fingerprint density at radius 3 is 2.32 bits per heavy atom. The van der Waals surface area contributed by atoms with Gasteiger partial charge in [-0.05, 0) is 37.8 Å². The molecule has 3 nitrogen and oxygen atoms in total. The lowest BCUT2D eigenvalue weighted by Gasteiger charge is -2.28. The van der Waals surface area contributed by atoms with Crippen LogP contribution in [0.5, 0.6) is 0 Å². The molecule has 2 rings (SSSR count). The third-order valence-electron chi connectivity index (χ3n) is 3.45. The largest absolute Gasteiger partial charge is 0.394 e. The third-order valence-corrected chi connectivity index (χ3v) is 3.45. The molecule has 1 aliphatic carbocycles. The Bertz CT molecular complexity index is 494. The summed E-state index contributed by atoms with van der Waals surface area (Å²) in [6.45, 7) is 1.40. The molecule has 1 aromatic rings. The van der Waals surface area contributed by atoms with Crippen LogP contribution in [0.4, 0.5) is 13.2 Å². The molecular weight excluding hydrogens is 259 g/mol. The molecule has 1 atom stereocenters. The monoisotopic (exact) mass is 273 g/mol. The fourth-order valence-corrected chi connectivity index (χ4v) is 2.01. The molecule has 1 fully saturated rings. The first-order valence-electron chi connectivity index (χ1n) is 5.95. The van der Waals surface area contributed by atoms with Gasteiger partial charge in [-0.15, -0.1) is 0 Å². The van der Waals surface area contributed by atoms with Crippen molar-refractivity contribution in [3.05, 3.63) is 35.1 Å². The Labute approximate surface area is 108 Å². The van der Waals surface area contributed by atoms with Crippen LogP contribution in [0.3, 0.4) is 0 Å². The maximum Gasteiger partial charge on any atom is 0.252 e. The first kappa shape index (κ1) is 13.9. The molecule has 104 valence electrons. The van der Waals surface area contributed by atoms with Crippen LogP contribution >= 0.6 is 0 Å². The minimum atomic E-state index is -1.61. The van der Waals surface area contributed by atoms with E-state index in [2.05, 4.69) is 5.32 Å². The van der Waals surface area contributed by atoms with Crippen LogP contribution in [0.2, 0.25) is 0 Å². The van der Waals surface area contributed by atoms with Crippen molar-refractivity contribution in [3.63, 3.8) is 0 Å². The van der Waals surface area contributed by atoms with Crippen molar-refractivity contribution in [2.45, 2.75) is 25.3 Å². The minimum Gasteiger partial charge on any atom is -0.394 e. The van der Waals surface area contributed by atoms with Gasteiger partial charge in [-0.1, -0.05) is 0 Å². The fourth-order valence-electron chi connectivity index (χ4n) is 2.01. The van der Waals surface area contributed by atoms with Gasteiger partial charge in [0.05, 0.1) is 12.1 Å². The smallest absolute Gasteiger partial charge is 0.252 e. The zero-order valence-electron chi connectivity index (χ0n) is 10.3. The number of amides is 1. The number of aliphatic hydroxyl groups excluding tert-OH is 1. The number of aliphatic hydroxyl groups is 1. The van der Waals surface area contributed by atoms with Crippen LogP contribution in [0.15, 0.2) is 12.1 Å². The van der Waals surface area contributed by atoms with Gasteiger partial charge in [0.15, 0.2) is 17.5 Å². The Morgan fingerprint density at radius 1 is 1.37 bits per heavy atom. The molecule has 0 spiro atoms. The molecule has 0 aromatic heterocycles. The van der Waals surface area contributed by atoms with Gasteiger partial charge in [0.2, 0.25) is 0 Å². The fraction of sp³-hybridized carbons (Fsp3) is 0.462. The van der Waals surface area contributed by atoms with Gasteiger partial charge >= 0.3 is 0 Å². The molecule has 1 saturated carbocycles. The number of hydrogen-bond donors (Lipinski definition) is 2. The zero-order chi connectivity index (χ0) is 14.2. The molecule has 1 amide bonds. The summed E-state index contributed by atoms with van der Waals surface area (Å²) in [6, 6.07) is 1.27. The van der Waals surface area contributed by atoms with Crippen molar-refractivity contribution in [3.8, 4) is 0 Å². The normalized spacial score (nSPS) is 17.9. The van der Waals surface area contributed by atoms with Gasteiger partial charge in [-0.25, -0.2) is 13.2 Å². The summed E-state index contributed by atoms with van der Waals surface area (Å²) in [6.07, 6.45) is 1.76. The SMILES string of the molecule is CC(CO)(NC(=O)c1cc(F)c(F)c(F)c1)C1CC1. The highest BCUT2D eigenvalue weighted by Crippen LogP contribution is 2.39. The highest BCUT2D eigenvalue weighted by molar-refractivity contribution is 5.94. The van der Waals surface area contributed by atoms with E-state index in [0.717, 1.165) is 12.8 Å². The topological polar surface area (TPSA) is 49.3 Å². The molecule has 0 bridgehead atoms. The molecule has 1 aliphatic rings. The number of carbonyl (C=O) groups is 1. The van der Waals surface area contributed by atoms with Gasteiger partial charge in [0.1, 0.15) is 0 Å². The lowest BCUT2D eigenvalue weighted by molar-refractivity contribution is 0.0823. The number of nitrogens with one attached hydrogen (secondary N) is 1. The van der Waals surface area contributed by atoms with E-state index in [1.165, 1.54) is 0 Å². The first-order chi connectivity index (χ1) is 8.87. The van der Waals surface area contributed by atoms with Crippen LogP contribution in [0.25, 0.3) is 0 Å². The van der Waals surface area contributed by atoms with Crippen molar-refractivity contribution in [2.24, 2.45) is 5.92 Å². The maximum atomic E-state index is 13.0. The summed E-state index contributed by atoms with van der Waals surface area (Å²) in [7, 11) is 0. The Balaban J connectivity index is 2.20. The van der Waals surface area contributed by atoms with E-state index >= 15 is 0 Å². The summed E-state index contributed by atoms with van der Waals surface area (Å²) in [5.41, 5.74) is -1.13. The molecule has 0 heterocycles. The van der Waals surface area contributed by atoms with Crippen molar-refractivity contribution >= 4 is 5.91 Å². The molecule has 1 unspecified atom stereocenters. The Kier molecular flexibility index (Phi) is 3.54. The molecule has 6 heteroatoms. The summed E-state index contributed by atoms with van der Waals surface area (Å²) < 4.78 is 38.9. The predicted octanol–water partition coefficient (Wildman–Crippen LogP) is 1.99. The van der Waals surface area contributed by atoms with Crippen LogP contribution in [0, 0.1) is 23.4 Å². The summed E-state index contributed by atoms with van der Waals surface area (Å²) in [4.78, 5) is 11.9. The summed E-state index contributed by atoms with van der Waals surface area (Å²) in [5.74, 6) is -5.02. The first-order valence-corrected chi connectivity index (χ1v) is 5.95. The summed E-state index contributed by atoms with van der Waals surface area (Å²) in [5, 5.41) is 11.9. The van der Waals surface area contributed by atoms with Crippen LogP contribution < -0.4 is 5.32 Å². The molecule has 0 saturated heterocycles. The van der Waals surface area contributed by atoms with Crippen molar-refractivity contribution in [2.75, 3.05) is 6.61 Å². The molecular formula is C13H14F3NO2. The standard InChI is InChI=1S/C13H14F3NO2/c1-13(6-18,8-2-3-8)17-12(19)7-4-9(14)11(16)10(15)5-7/h4-5,8,18H,2-3,6H2,1H3,(H,17,19). The van der Waals surface area contributed by atoms with Crippen LogP contribution in [-0.2, 0) is 0 Å². The second kappa shape index (κ2) is 4.85. The highest BCUT2D eigenvalue weighted by Gasteiger charge is 2.42. The Hall–Kier alpha value is -1.56. The Morgan fingerprint density at radius 2 is 1.89 bits per heavy atom. The van der Waals surface area contributed by atoms with Crippen molar-refractivity contribution in [1.82, 2.24) is 5.32 Å². The minimum absolute atomic E-state index is 0.150. The molecule has 0 radical (unpaired) electrons. The van der Waals surface area contributed by atoms with Crippen molar-refractivity contribution < 1.29 is 23.1 Å². The number of carbonyl (C=O) groups excluding carboxylic acids is 1. The quantitative estimate of drug-likeness (QED) is 0.824. The lowest BCUT2D eigenvalue weighted by atomic mass is 9.96. The van der Waals surface area contributed by atoms with E-state index in [0.29, 0.717) is 12.1 Å². The molecule has 19 heavy (non-hydrogen) atoms. The predicted molar refractivity (Wildman–Crippen MR) is 62.0 cm³/mol. The second-order valence-corrected chi connectivity index (χ2v) is 5.06. The second-order valence-electron chi connectivity index (χ2n) is 5.06. The van der Waals surface area contributed by atoms with E-state index in [1.54, 1.807) is 6.92 Å².